The molecule has 0 bridgehead atoms. The molecule has 6 heteroatoms. The highest BCUT2D eigenvalue weighted by atomic mass is 32.2. The minimum absolute atomic E-state index is 0.177. The van der Waals surface area contributed by atoms with E-state index in [1.165, 1.54) is 18.9 Å². The third-order valence-corrected chi connectivity index (χ3v) is 3.63. The molecule has 1 heterocycles. The summed E-state index contributed by atoms with van der Waals surface area (Å²) in [4.78, 5) is 0. The van der Waals surface area contributed by atoms with Gasteiger partial charge in [0, 0.05) is 6.04 Å². The molecule has 0 saturated heterocycles. The summed E-state index contributed by atoms with van der Waals surface area (Å²) in [6, 6.07) is 3.46. The predicted octanol–water partition coefficient (Wildman–Crippen LogP) is 0.815. The Labute approximate surface area is 95.1 Å². The van der Waals surface area contributed by atoms with Gasteiger partial charge in [0.25, 0.3) is 10.0 Å². The Balaban J connectivity index is 1.92. The van der Waals surface area contributed by atoms with Crippen LogP contribution in [-0.2, 0) is 16.6 Å². The Morgan fingerprint density at radius 2 is 2.25 bits per heavy atom. The summed E-state index contributed by atoms with van der Waals surface area (Å²) in [5, 5.41) is 8.06. The number of nitrogens with two attached hydrogens (primary N) is 1. The Kier molecular flexibility index (Phi) is 3.05. The molecule has 16 heavy (non-hydrogen) atoms. The standard InChI is InChI=1S/C10H16N2O3S/c1-7(8-2-3-8)12-6-9-4-5-10(15-9)16(11,13)14/h4-5,7-8,12H,2-3,6H2,1H3,(H2,11,13,14). The highest BCUT2D eigenvalue weighted by Gasteiger charge is 2.27. The molecule has 1 atom stereocenters. The van der Waals surface area contributed by atoms with Crippen molar-refractivity contribution in [2.45, 2.75) is 37.4 Å². The molecule has 2 rings (SSSR count). The van der Waals surface area contributed by atoms with Gasteiger partial charge in [0.15, 0.2) is 0 Å². The quantitative estimate of drug-likeness (QED) is 0.802. The zero-order valence-corrected chi connectivity index (χ0v) is 9.96. The van der Waals surface area contributed by atoms with Crippen LogP contribution in [0, 0.1) is 5.92 Å². The van der Waals surface area contributed by atoms with Crippen LogP contribution in [0.3, 0.4) is 0 Å². The second kappa shape index (κ2) is 4.20. The fourth-order valence-corrected chi connectivity index (χ4v) is 2.11. The average molecular weight is 244 g/mol. The van der Waals surface area contributed by atoms with Crippen molar-refractivity contribution in [1.29, 1.82) is 0 Å². The highest BCUT2D eigenvalue weighted by molar-refractivity contribution is 7.89. The number of hydrogen-bond donors (Lipinski definition) is 2. The second-order valence-corrected chi connectivity index (χ2v) is 5.77. The normalized spacial score (nSPS) is 18.6. The van der Waals surface area contributed by atoms with Crippen LogP contribution in [0.2, 0.25) is 0 Å². The first kappa shape index (κ1) is 11.6. The molecule has 1 aromatic rings. The highest BCUT2D eigenvalue weighted by Crippen LogP contribution is 2.32. The maximum atomic E-state index is 11.0. The summed E-state index contributed by atoms with van der Waals surface area (Å²) in [6.07, 6.45) is 2.55. The molecule has 1 aliphatic carbocycles. The fraction of sp³-hybridized carbons (Fsp3) is 0.600. The minimum atomic E-state index is -3.72. The lowest BCUT2D eigenvalue weighted by Gasteiger charge is -2.10. The maximum Gasteiger partial charge on any atom is 0.271 e. The molecule has 1 aliphatic rings. The van der Waals surface area contributed by atoms with Gasteiger partial charge in [0.2, 0.25) is 5.09 Å². The number of primary sulfonamides is 1. The van der Waals surface area contributed by atoms with Crippen LogP contribution in [0.15, 0.2) is 21.6 Å². The van der Waals surface area contributed by atoms with Crippen LogP contribution in [-0.4, -0.2) is 14.5 Å². The summed E-state index contributed by atoms with van der Waals surface area (Å²) in [5.74, 6) is 1.35. The lowest BCUT2D eigenvalue weighted by atomic mass is 10.2. The van der Waals surface area contributed by atoms with Gasteiger partial charge >= 0.3 is 0 Å². The summed E-state index contributed by atoms with van der Waals surface area (Å²) in [5.41, 5.74) is 0. The van der Waals surface area contributed by atoms with Gasteiger partial charge < -0.3 is 9.73 Å². The first-order valence-electron chi connectivity index (χ1n) is 5.32. The SMILES string of the molecule is CC(NCc1ccc(S(N)(=O)=O)o1)C1CC1. The number of furan rings is 1. The lowest BCUT2D eigenvalue weighted by Crippen LogP contribution is -2.27. The van der Waals surface area contributed by atoms with E-state index < -0.39 is 10.0 Å². The van der Waals surface area contributed by atoms with E-state index in [0.717, 1.165) is 5.92 Å². The fourth-order valence-electron chi connectivity index (χ4n) is 1.63. The molecule has 90 valence electrons. The van der Waals surface area contributed by atoms with Gasteiger partial charge in [-0.3, -0.25) is 0 Å². The van der Waals surface area contributed by atoms with E-state index in [0.29, 0.717) is 18.3 Å². The van der Waals surface area contributed by atoms with Crippen LogP contribution in [0.5, 0.6) is 0 Å². The predicted molar refractivity (Wildman–Crippen MR) is 59.1 cm³/mol. The van der Waals surface area contributed by atoms with E-state index in [1.54, 1.807) is 6.07 Å². The minimum Gasteiger partial charge on any atom is -0.447 e. The van der Waals surface area contributed by atoms with Crippen LogP contribution >= 0.6 is 0 Å². The van der Waals surface area contributed by atoms with Crippen molar-refractivity contribution in [1.82, 2.24) is 5.32 Å². The monoisotopic (exact) mass is 244 g/mol. The second-order valence-electron chi connectivity index (χ2n) is 4.27. The van der Waals surface area contributed by atoms with E-state index in [9.17, 15) is 8.42 Å². The maximum absolute atomic E-state index is 11.0. The molecule has 1 unspecified atom stereocenters. The van der Waals surface area contributed by atoms with E-state index >= 15 is 0 Å². The third-order valence-electron chi connectivity index (χ3n) is 2.84. The van der Waals surface area contributed by atoms with Gasteiger partial charge in [-0.15, -0.1) is 0 Å². The van der Waals surface area contributed by atoms with Crippen molar-refractivity contribution in [3.05, 3.63) is 17.9 Å². The first-order chi connectivity index (χ1) is 7.47. The van der Waals surface area contributed by atoms with Gasteiger partial charge in [-0.05, 0) is 37.8 Å². The van der Waals surface area contributed by atoms with Gasteiger partial charge in [-0.2, -0.15) is 0 Å². The Hall–Kier alpha value is -0.850. The van der Waals surface area contributed by atoms with Crippen molar-refractivity contribution < 1.29 is 12.8 Å². The summed E-state index contributed by atoms with van der Waals surface area (Å²) in [6.45, 7) is 2.66. The van der Waals surface area contributed by atoms with Gasteiger partial charge in [-0.1, -0.05) is 0 Å². The Morgan fingerprint density at radius 1 is 1.56 bits per heavy atom. The van der Waals surface area contributed by atoms with Crippen molar-refractivity contribution in [2.24, 2.45) is 11.1 Å². The molecule has 5 nitrogen and oxygen atoms in total. The number of rotatable bonds is 5. The average Bonchev–Trinajstić information content (AvgIpc) is 2.92. The van der Waals surface area contributed by atoms with Crippen LogP contribution in [0.1, 0.15) is 25.5 Å². The first-order valence-corrected chi connectivity index (χ1v) is 6.86. The van der Waals surface area contributed by atoms with Gasteiger partial charge in [0.1, 0.15) is 5.76 Å². The summed E-state index contributed by atoms with van der Waals surface area (Å²) in [7, 11) is -3.72. The van der Waals surface area contributed by atoms with Crippen molar-refractivity contribution in [3.8, 4) is 0 Å². The molecule has 3 N–H and O–H groups in total. The molecule has 0 aromatic carbocycles. The molecule has 1 aromatic heterocycles. The van der Waals surface area contributed by atoms with Crippen LogP contribution in [0.25, 0.3) is 0 Å². The van der Waals surface area contributed by atoms with Crippen molar-refractivity contribution in [2.75, 3.05) is 0 Å². The van der Waals surface area contributed by atoms with Crippen molar-refractivity contribution in [3.63, 3.8) is 0 Å². The summed E-state index contributed by atoms with van der Waals surface area (Å²) < 4.78 is 27.1. The third kappa shape index (κ3) is 2.84. The zero-order chi connectivity index (χ0) is 11.8. The molecule has 0 amide bonds. The molecule has 1 fully saturated rings. The largest absolute Gasteiger partial charge is 0.447 e. The number of hydrogen-bond acceptors (Lipinski definition) is 4. The van der Waals surface area contributed by atoms with Crippen LogP contribution < -0.4 is 10.5 Å². The Bertz CT molecular complexity index is 462. The molecule has 0 spiro atoms. The molecule has 0 radical (unpaired) electrons. The van der Waals surface area contributed by atoms with E-state index in [-0.39, 0.29) is 5.09 Å². The smallest absolute Gasteiger partial charge is 0.271 e. The Morgan fingerprint density at radius 3 is 2.75 bits per heavy atom. The molecular weight excluding hydrogens is 228 g/mol. The topological polar surface area (TPSA) is 85.3 Å². The molecular formula is C10H16N2O3S. The van der Waals surface area contributed by atoms with Crippen LogP contribution in [0.4, 0.5) is 0 Å². The van der Waals surface area contributed by atoms with E-state index in [4.69, 9.17) is 9.56 Å². The van der Waals surface area contributed by atoms with Crippen molar-refractivity contribution >= 4 is 10.0 Å². The summed E-state index contributed by atoms with van der Waals surface area (Å²) >= 11 is 0. The van der Waals surface area contributed by atoms with Gasteiger partial charge in [-0.25, -0.2) is 13.6 Å². The molecule has 1 saturated carbocycles. The molecule has 0 aliphatic heterocycles. The lowest BCUT2D eigenvalue weighted by molar-refractivity contribution is 0.385. The van der Waals surface area contributed by atoms with E-state index in [1.807, 2.05) is 0 Å². The van der Waals surface area contributed by atoms with Gasteiger partial charge in [0.05, 0.1) is 6.54 Å². The zero-order valence-electron chi connectivity index (χ0n) is 9.14. The number of sulfonamides is 1. The van der Waals surface area contributed by atoms with E-state index in [2.05, 4.69) is 12.2 Å². The number of nitrogens with one attached hydrogen (secondary N) is 1.